The van der Waals surface area contributed by atoms with Crippen LogP contribution in [-0.4, -0.2) is 33.2 Å². The van der Waals surface area contributed by atoms with Crippen LogP contribution < -0.4 is 14.2 Å². The van der Waals surface area contributed by atoms with Crippen molar-refractivity contribution in [3.05, 3.63) is 58.2 Å². The molecular weight excluding hydrogens is 358 g/mol. The van der Waals surface area contributed by atoms with Crippen molar-refractivity contribution < 1.29 is 23.7 Å². The van der Waals surface area contributed by atoms with E-state index in [9.17, 15) is 4.79 Å². The molecule has 134 valence electrons. The summed E-state index contributed by atoms with van der Waals surface area (Å²) in [5.74, 6) is 1.06. The quantitative estimate of drug-likeness (QED) is 0.590. The van der Waals surface area contributed by atoms with E-state index in [0.29, 0.717) is 33.4 Å². The second kappa shape index (κ2) is 7.49. The summed E-state index contributed by atoms with van der Waals surface area (Å²) in [7, 11) is 4.55. The maximum absolute atomic E-state index is 12.2. The molecule has 0 unspecified atom stereocenters. The highest BCUT2D eigenvalue weighted by Gasteiger charge is 2.26. The molecule has 7 heteroatoms. The number of carbonyl (C=O) groups is 1. The molecule has 2 aromatic rings. The number of carbonyl (C=O) groups excluding carboxylic acids is 1. The smallest absolute Gasteiger partial charge is 0.363 e. The van der Waals surface area contributed by atoms with Gasteiger partial charge in [0.1, 0.15) is 5.75 Å². The molecule has 0 atom stereocenters. The summed E-state index contributed by atoms with van der Waals surface area (Å²) in [4.78, 5) is 16.5. The van der Waals surface area contributed by atoms with Crippen LogP contribution in [0.2, 0.25) is 5.02 Å². The molecule has 2 aromatic carbocycles. The van der Waals surface area contributed by atoms with Crippen molar-refractivity contribution in [3.8, 4) is 17.2 Å². The van der Waals surface area contributed by atoms with E-state index in [4.69, 9.17) is 30.5 Å². The lowest BCUT2D eigenvalue weighted by molar-refractivity contribution is -0.129. The number of rotatable bonds is 5. The number of benzene rings is 2. The third-order valence-corrected chi connectivity index (χ3v) is 4.00. The fraction of sp³-hybridized carbons (Fsp3) is 0.158. The van der Waals surface area contributed by atoms with Crippen LogP contribution in [0.25, 0.3) is 6.08 Å². The third-order valence-electron chi connectivity index (χ3n) is 3.72. The van der Waals surface area contributed by atoms with E-state index < -0.39 is 5.97 Å². The van der Waals surface area contributed by atoms with E-state index in [1.807, 2.05) is 12.1 Å². The summed E-state index contributed by atoms with van der Waals surface area (Å²) >= 11 is 6.20. The van der Waals surface area contributed by atoms with Gasteiger partial charge < -0.3 is 18.9 Å². The molecular formula is C19H16ClNO5. The normalized spacial score (nSPS) is 14.8. The van der Waals surface area contributed by atoms with Crippen molar-refractivity contribution in [3.63, 3.8) is 0 Å². The zero-order valence-corrected chi connectivity index (χ0v) is 15.2. The van der Waals surface area contributed by atoms with E-state index in [-0.39, 0.29) is 11.6 Å². The zero-order chi connectivity index (χ0) is 18.7. The summed E-state index contributed by atoms with van der Waals surface area (Å²) in [5, 5.41) is 0.360. The number of hydrogen-bond donors (Lipinski definition) is 0. The number of methoxy groups -OCH3 is 3. The molecule has 0 N–H and O–H groups in total. The summed E-state index contributed by atoms with van der Waals surface area (Å²) in [6, 6.07) is 10.5. The van der Waals surface area contributed by atoms with E-state index in [1.54, 1.807) is 37.5 Å². The minimum absolute atomic E-state index is 0.147. The average Bonchev–Trinajstić information content (AvgIpc) is 3.01. The first kappa shape index (κ1) is 17.8. The van der Waals surface area contributed by atoms with Gasteiger partial charge in [-0.25, -0.2) is 9.79 Å². The van der Waals surface area contributed by atoms with Crippen molar-refractivity contribution in [2.45, 2.75) is 0 Å². The number of nitrogens with zero attached hydrogens (tertiary/aromatic N) is 1. The lowest BCUT2D eigenvalue weighted by atomic mass is 10.1. The summed E-state index contributed by atoms with van der Waals surface area (Å²) in [6.45, 7) is 0. The average molecular weight is 374 g/mol. The molecule has 3 rings (SSSR count). The molecule has 0 aromatic heterocycles. The number of para-hydroxylation sites is 1. The van der Waals surface area contributed by atoms with Crippen molar-refractivity contribution in [2.75, 3.05) is 21.3 Å². The van der Waals surface area contributed by atoms with Crippen LogP contribution >= 0.6 is 11.6 Å². The fourth-order valence-electron chi connectivity index (χ4n) is 2.52. The molecule has 0 saturated carbocycles. The molecule has 0 fully saturated rings. The van der Waals surface area contributed by atoms with Gasteiger partial charge in [-0.3, -0.25) is 0 Å². The monoisotopic (exact) mass is 373 g/mol. The number of cyclic esters (lactones) is 1. The van der Waals surface area contributed by atoms with Crippen molar-refractivity contribution >= 4 is 29.5 Å². The standard InChI is InChI=1S/C19H16ClNO5/c1-23-15-7-5-4-6-12(15)18-21-14(19(22)26-18)9-11-8-13(20)17(25-3)16(10-11)24-2/h4-10H,1-3H3. The first-order valence-electron chi connectivity index (χ1n) is 7.65. The van der Waals surface area contributed by atoms with Crippen LogP contribution in [0.4, 0.5) is 0 Å². The van der Waals surface area contributed by atoms with E-state index in [1.165, 1.54) is 14.2 Å². The highest BCUT2D eigenvalue weighted by Crippen LogP contribution is 2.37. The minimum Gasteiger partial charge on any atom is -0.496 e. The SMILES string of the molecule is COc1ccccc1C1=NC(=Cc2cc(Cl)c(OC)c(OC)c2)C(=O)O1. The first-order valence-corrected chi connectivity index (χ1v) is 8.02. The highest BCUT2D eigenvalue weighted by atomic mass is 35.5. The van der Waals surface area contributed by atoms with Crippen LogP contribution in [0.15, 0.2) is 47.1 Å². The van der Waals surface area contributed by atoms with Crippen LogP contribution in [0.5, 0.6) is 17.2 Å². The van der Waals surface area contributed by atoms with Gasteiger partial charge in [-0.05, 0) is 35.9 Å². The summed E-state index contributed by atoms with van der Waals surface area (Å²) < 4.78 is 21.0. The van der Waals surface area contributed by atoms with Gasteiger partial charge in [-0.2, -0.15) is 0 Å². The van der Waals surface area contributed by atoms with Crippen LogP contribution in [0, 0.1) is 0 Å². The second-order valence-electron chi connectivity index (χ2n) is 5.27. The van der Waals surface area contributed by atoms with Crippen molar-refractivity contribution in [1.82, 2.24) is 0 Å². The number of hydrogen-bond acceptors (Lipinski definition) is 6. The van der Waals surface area contributed by atoms with Crippen LogP contribution in [0.3, 0.4) is 0 Å². The summed E-state index contributed by atoms with van der Waals surface area (Å²) in [5.41, 5.74) is 1.37. The van der Waals surface area contributed by atoms with Gasteiger partial charge in [0.25, 0.3) is 0 Å². The molecule has 0 radical (unpaired) electrons. The topological polar surface area (TPSA) is 66.3 Å². The lowest BCUT2D eigenvalue weighted by Gasteiger charge is -2.10. The summed E-state index contributed by atoms with van der Waals surface area (Å²) in [6.07, 6.45) is 1.57. The number of halogens is 1. The zero-order valence-electron chi connectivity index (χ0n) is 14.4. The minimum atomic E-state index is -0.559. The Bertz CT molecular complexity index is 920. The molecule has 6 nitrogen and oxygen atoms in total. The molecule has 26 heavy (non-hydrogen) atoms. The number of esters is 1. The second-order valence-corrected chi connectivity index (χ2v) is 5.68. The Balaban J connectivity index is 2.00. The lowest BCUT2D eigenvalue weighted by Crippen LogP contribution is -2.06. The number of ether oxygens (including phenoxy) is 4. The van der Waals surface area contributed by atoms with Crippen LogP contribution in [0.1, 0.15) is 11.1 Å². The molecule has 0 bridgehead atoms. The maximum Gasteiger partial charge on any atom is 0.363 e. The molecule has 0 amide bonds. The van der Waals surface area contributed by atoms with E-state index in [2.05, 4.69) is 4.99 Å². The van der Waals surface area contributed by atoms with Gasteiger partial charge in [0.05, 0.1) is 31.9 Å². The van der Waals surface area contributed by atoms with E-state index in [0.717, 1.165) is 0 Å². The Morgan fingerprint density at radius 1 is 1.04 bits per heavy atom. The molecule has 1 aliphatic heterocycles. The van der Waals surface area contributed by atoms with Crippen LogP contribution in [-0.2, 0) is 9.53 Å². The van der Waals surface area contributed by atoms with Crippen molar-refractivity contribution in [1.29, 1.82) is 0 Å². The van der Waals surface area contributed by atoms with Gasteiger partial charge in [0, 0.05) is 0 Å². The Kier molecular flexibility index (Phi) is 5.14. The molecule has 1 heterocycles. The predicted octanol–water partition coefficient (Wildman–Crippen LogP) is 3.71. The van der Waals surface area contributed by atoms with E-state index >= 15 is 0 Å². The molecule has 0 spiro atoms. The Labute approximate surface area is 155 Å². The largest absolute Gasteiger partial charge is 0.496 e. The molecule has 1 aliphatic rings. The maximum atomic E-state index is 12.2. The molecule has 0 saturated heterocycles. The van der Waals surface area contributed by atoms with Gasteiger partial charge in [0.15, 0.2) is 17.2 Å². The van der Waals surface area contributed by atoms with Gasteiger partial charge in [-0.1, -0.05) is 23.7 Å². The first-order chi connectivity index (χ1) is 12.6. The Hall–Kier alpha value is -2.99. The number of aliphatic imine (C=N–C) groups is 1. The fourth-order valence-corrected chi connectivity index (χ4v) is 2.82. The Morgan fingerprint density at radius 2 is 1.77 bits per heavy atom. The van der Waals surface area contributed by atoms with Gasteiger partial charge in [0.2, 0.25) is 5.90 Å². The predicted molar refractivity (Wildman–Crippen MR) is 98.2 cm³/mol. The van der Waals surface area contributed by atoms with Crippen molar-refractivity contribution in [2.24, 2.45) is 4.99 Å². The van der Waals surface area contributed by atoms with Gasteiger partial charge >= 0.3 is 5.97 Å². The third kappa shape index (κ3) is 3.36. The highest BCUT2D eigenvalue weighted by molar-refractivity contribution is 6.32. The Morgan fingerprint density at radius 3 is 2.46 bits per heavy atom. The van der Waals surface area contributed by atoms with Gasteiger partial charge in [-0.15, -0.1) is 0 Å². The molecule has 0 aliphatic carbocycles.